The van der Waals surface area contributed by atoms with Crippen LogP contribution < -0.4 is 11.3 Å². The van der Waals surface area contributed by atoms with Crippen molar-refractivity contribution in [2.24, 2.45) is 5.84 Å². The smallest absolute Gasteiger partial charge is 0.0736 e. The van der Waals surface area contributed by atoms with Gasteiger partial charge in [0.1, 0.15) is 0 Å². The summed E-state index contributed by atoms with van der Waals surface area (Å²) in [6, 6.07) is 16.1. The molecule has 1 aromatic heterocycles. The van der Waals surface area contributed by atoms with E-state index in [9.17, 15) is 0 Å². The van der Waals surface area contributed by atoms with Crippen LogP contribution >= 0.6 is 31.9 Å². The molecule has 2 aromatic carbocycles. The Morgan fingerprint density at radius 2 is 1.86 bits per heavy atom. The summed E-state index contributed by atoms with van der Waals surface area (Å²) in [6.45, 7) is 0. The van der Waals surface area contributed by atoms with E-state index in [1.54, 1.807) is 0 Å². The van der Waals surface area contributed by atoms with Gasteiger partial charge in [-0.2, -0.15) is 0 Å². The number of fused-ring (bicyclic) bond motifs is 1. The van der Waals surface area contributed by atoms with Gasteiger partial charge in [-0.3, -0.25) is 10.8 Å². The van der Waals surface area contributed by atoms with Crippen LogP contribution in [-0.4, -0.2) is 4.98 Å². The second-order valence-electron chi connectivity index (χ2n) is 4.73. The van der Waals surface area contributed by atoms with Crippen molar-refractivity contribution < 1.29 is 0 Å². The summed E-state index contributed by atoms with van der Waals surface area (Å²) in [7, 11) is 0. The maximum atomic E-state index is 5.79. The first-order valence-electron chi connectivity index (χ1n) is 6.45. The van der Waals surface area contributed by atoms with Crippen molar-refractivity contribution in [3.05, 3.63) is 74.8 Å². The summed E-state index contributed by atoms with van der Waals surface area (Å²) in [5.74, 6) is 5.79. The van der Waals surface area contributed by atoms with Crippen LogP contribution in [0.1, 0.15) is 17.2 Å². The van der Waals surface area contributed by atoms with Crippen molar-refractivity contribution >= 4 is 42.8 Å². The zero-order valence-corrected chi connectivity index (χ0v) is 14.2. The molecule has 1 unspecified atom stereocenters. The molecule has 0 saturated carbocycles. The molecule has 0 spiro atoms. The van der Waals surface area contributed by atoms with E-state index in [1.165, 1.54) is 0 Å². The molecule has 1 heterocycles. The van der Waals surface area contributed by atoms with Crippen LogP contribution in [0.4, 0.5) is 0 Å². The third-order valence-corrected chi connectivity index (χ3v) is 4.60. The maximum Gasteiger partial charge on any atom is 0.0736 e. The molecule has 0 fully saturated rings. The molecule has 3 nitrogen and oxygen atoms in total. The molecule has 106 valence electrons. The van der Waals surface area contributed by atoms with Crippen molar-refractivity contribution in [1.82, 2.24) is 10.4 Å². The summed E-state index contributed by atoms with van der Waals surface area (Å²) in [6.07, 6.45) is 1.86. The second-order valence-corrected chi connectivity index (χ2v) is 6.50. The fraction of sp³-hybridized carbons (Fsp3) is 0.0625. The van der Waals surface area contributed by atoms with Gasteiger partial charge in [-0.05, 0) is 41.5 Å². The van der Waals surface area contributed by atoms with E-state index in [-0.39, 0.29) is 6.04 Å². The van der Waals surface area contributed by atoms with Crippen LogP contribution in [0.5, 0.6) is 0 Å². The third-order valence-electron chi connectivity index (χ3n) is 3.38. The summed E-state index contributed by atoms with van der Waals surface area (Å²) in [5, 5.41) is 1.10. The van der Waals surface area contributed by atoms with Gasteiger partial charge < -0.3 is 0 Å². The Labute approximate surface area is 139 Å². The number of para-hydroxylation sites is 1. The molecule has 0 aliphatic rings. The van der Waals surface area contributed by atoms with E-state index in [1.807, 2.05) is 42.6 Å². The van der Waals surface area contributed by atoms with Crippen LogP contribution in [0.3, 0.4) is 0 Å². The van der Waals surface area contributed by atoms with Crippen molar-refractivity contribution in [1.29, 1.82) is 0 Å². The Bertz CT molecular complexity index is 789. The lowest BCUT2D eigenvalue weighted by atomic mass is 9.99. The van der Waals surface area contributed by atoms with Gasteiger partial charge in [0, 0.05) is 20.5 Å². The number of aromatic nitrogens is 1. The first kappa shape index (κ1) is 14.7. The first-order chi connectivity index (χ1) is 10.2. The third kappa shape index (κ3) is 3.01. The lowest BCUT2D eigenvalue weighted by molar-refractivity contribution is 0.633. The van der Waals surface area contributed by atoms with E-state index in [4.69, 9.17) is 5.84 Å². The van der Waals surface area contributed by atoms with Gasteiger partial charge >= 0.3 is 0 Å². The van der Waals surface area contributed by atoms with Gasteiger partial charge in [0.05, 0.1) is 11.6 Å². The number of halogens is 2. The fourth-order valence-electron chi connectivity index (χ4n) is 2.35. The predicted octanol–water partition coefficient (Wildman–Crippen LogP) is 4.31. The number of hydrogen-bond donors (Lipinski definition) is 2. The summed E-state index contributed by atoms with van der Waals surface area (Å²) in [4.78, 5) is 4.51. The second kappa shape index (κ2) is 6.23. The highest BCUT2D eigenvalue weighted by atomic mass is 79.9. The van der Waals surface area contributed by atoms with E-state index >= 15 is 0 Å². The minimum atomic E-state index is -0.131. The molecule has 3 aromatic rings. The number of hydrazine groups is 1. The number of benzene rings is 2. The zero-order valence-electron chi connectivity index (χ0n) is 11.1. The van der Waals surface area contributed by atoms with Gasteiger partial charge in [0.2, 0.25) is 0 Å². The monoisotopic (exact) mass is 405 g/mol. The number of rotatable bonds is 3. The van der Waals surface area contributed by atoms with Crippen molar-refractivity contribution in [3.63, 3.8) is 0 Å². The molecule has 0 saturated heterocycles. The highest BCUT2D eigenvalue weighted by molar-refractivity contribution is 9.11. The number of nitrogens with one attached hydrogen (secondary N) is 1. The summed E-state index contributed by atoms with van der Waals surface area (Å²) in [5.41, 5.74) is 5.94. The van der Waals surface area contributed by atoms with Gasteiger partial charge in [-0.25, -0.2) is 5.43 Å². The molecular formula is C16H13Br2N3. The molecule has 0 amide bonds. The predicted molar refractivity (Wildman–Crippen MR) is 92.8 cm³/mol. The molecule has 21 heavy (non-hydrogen) atoms. The molecule has 0 bridgehead atoms. The van der Waals surface area contributed by atoms with Crippen LogP contribution in [0.15, 0.2) is 63.7 Å². The van der Waals surface area contributed by atoms with Crippen molar-refractivity contribution in [2.75, 3.05) is 0 Å². The van der Waals surface area contributed by atoms with Gasteiger partial charge in [0.15, 0.2) is 0 Å². The van der Waals surface area contributed by atoms with Crippen molar-refractivity contribution in [3.8, 4) is 0 Å². The van der Waals surface area contributed by atoms with Crippen LogP contribution in [0, 0.1) is 0 Å². The fourth-order valence-corrected chi connectivity index (χ4v) is 3.20. The molecular weight excluding hydrogens is 394 g/mol. The van der Waals surface area contributed by atoms with Crippen LogP contribution in [0.25, 0.3) is 10.9 Å². The van der Waals surface area contributed by atoms with E-state index in [2.05, 4.69) is 54.4 Å². The Morgan fingerprint density at radius 1 is 1.05 bits per heavy atom. The summed E-state index contributed by atoms with van der Waals surface area (Å²) < 4.78 is 2.01. The molecule has 0 aliphatic carbocycles. The lowest BCUT2D eigenvalue weighted by Crippen LogP contribution is -2.29. The molecule has 3 N–H and O–H groups in total. The van der Waals surface area contributed by atoms with Gasteiger partial charge in [0.25, 0.3) is 0 Å². The molecule has 0 aliphatic heterocycles. The topological polar surface area (TPSA) is 50.9 Å². The van der Waals surface area contributed by atoms with Crippen LogP contribution in [-0.2, 0) is 0 Å². The molecule has 5 heteroatoms. The average Bonchev–Trinajstić information content (AvgIpc) is 2.51. The minimum Gasteiger partial charge on any atom is -0.271 e. The Hall–Kier alpha value is -1.27. The Morgan fingerprint density at radius 3 is 2.67 bits per heavy atom. The quantitative estimate of drug-likeness (QED) is 0.503. The zero-order chi connectivity index (χ0) is 14.8. The Kier molecular flexibility index (Phi) is 4.35. The largest absolute Gasteiger partial charge is 0.271 e. The average molecular weight is 407 g/mol. The standard InChI is InChI=1S/C16H13Br2N3/c17-12-5-6-14(18)13(8-12)16(21-19)11-7-10-3-1-2-4-15(10)20-9-11/h1-9,16,21H,19H2. The van der Waals surface area contributed by atoms with E-state index in [0.29, 0.717) is 0 Å². The van der Waals surface area contributed by atoms with E-state index in [0.717, 1.165) is 31.0 Å². The number of pyridine rings is 1. The van der Waals surface area contributed by atoms with Crippen molar-refractivity contribution in [2.45, 2.75) is 6.04 Å². The SMILES string of the molecule is NNC(c1cnc2ccccc2c1)c1cc(Br)ccc1Br. The highest BCUT2D eigenvalue weighted by Crippen LogP contribution is 2.31. The molecule has 0 radical (unpaired) electrons. The van der Waals surface area contributed by atoms with E-state index < -0.39 is 0 Å². The highest BCUT2D eigenvalue weighted by Gasteiger charge is 2.16. The summed E-state index contributed by atoms with van der Waals surface area (Å²) >= 11 is 7.08. The Balaban J connectivity index is 2.11. The molecule has 3 rings (SSSR count). The van der Waals surface area contributed by atoms with Gasteiger partial charge in [-0.1, -0.05) is 50.1 Å². The normalized spacial score (nSPS) is 12.5. The van der Waals surface area contributed by atoms with Crippen LogP contribution in [0.2, 0.25) is 0 Å². The lowest BCUT2D eigenvalue weighted by Gasteiger charge is -2.19. The van der Waals surface area contributed by atoms with Gasteiger partial charge in [-0.15, -0.1) is 0 Å². The minimum absolute atomic E-state index is 0.131. The maximum absolute atomic E-state index is 5.79. The first-order valence-corrected chi connectivity index (χ1v) is 8.03. The number of nitrogens with two attached hydrogens (primary N) is 1. The number of hydrogen-bond acceptors (Lipinski definition) is 3. The molecule has 1 atom stereocenters. The number of nitrogens with zero attached hydrogens (tertiary/aromatic N) is 1.